The molecule has 0 aromatic carbocycles. The van der Waals surface area contributed by atoms with Crippen molar-refractivity contribution in [3.63, 3.8) is 0 Å². The molecule has 1 aliphatic carbocycles. The zero-order valence-electron chi connectivity index (χ0n) is 11.0. The molecule has 1 aliphatic heterocycles. The van der Waals surface area contributed by atoms with Crippen LogP contribution in [0.5, 0.6) is 0 Å². The molecule has 94 valence electrons. The van der Waals surface area contributed by atoms with Crippen LogP contribution in [0.1, 0.15) is 39.5 Å². The largest absolute Gasteiger partial charge is 0.377 e. The summed E-state index contributed by atoms with van der Waals surface area (Å²) in [6, 6.07) is 0. The Balaban J connectivity index is 1.90. The predicted molar refractivity (Wildman–Crippen MR) is 66.7 cm³/mol. The van der Waals surface area contributed by atoms with Crippen LogP contribution < -0.4 is 5.32 Å². The Hall–Kier alpha value is -0.120. The lowest BCUT2D eigenvalue weighted by molar-refractivity contribution is -0.0969. The summed E-state index contributed by atoms with van der Waals surface area (Å²) in [6.07, 6.45) is 5.03. The van der Waals surface area contributed by atoms with Gasteiger partial charge in [0, 0.05) is 38.8 Å². The maximum atomic E-state index is 5.72. The first-order valence-electron chi connectivity index (χ1n) is 6.64. The van der Waals surface area contributed by atoms with E-state index in [2.05, 4.69) is 24.1 Å². The number of rotatable bonds is 4. The van der Waals surface area contributed by atoms with E-state index in [0.717, 1.165) is 19.6 Å². The fourth-order valence-corrected chi connectivity index (χ4v) is 2.92. The van der Waals surface area contributed by atoms with E-state index in [1.165, 1.54) is 32.2 Å². The molecule has 1 atom stereocenters. The second-order valence-corrected chi connectivity index (χ2v) is 5.79. The molecule has 1 heterocycles. The normalized spacial score (nSPS) is 34.7. The van der Waals surface area contributed by atoms with Crippen molar-refractivity contribution in [3.05, 3.63) is 0 Å². The lowest BCUT2D eigenvalue weighted by Gasteiger charge is -2.48. The van der Waals surface area contributed by atoms with E-state index < -0.39 is 0 Å². The molecule has 3 heteroatoms. The molecule has 0 spiro atoms. The third-order valence-corrected chi connectivity index (χ3v) is 4.54. The van der Waals surface area contributed by atoms with Gasteiger partial charge in [-0.25, -0.2) is 0 Å². The van der Waals surface area contributed by atoms with Gasteiger partial charge >= 0.3 is 0 Å². The minimum Gasteiger partial charge on any atom is -0.377 e. The number of methoxy groups -OCH3 is 1. The first-order valence-corrected chi connectivity index (χ1v) is 6.64. The molecule has 0 amide bonds. The van der Waals surface area contributed by atoms with Gasteiger partial charge in [-0.05, 0) is 32.6 Å². The van der Waals surface area contributed by atoms with Gasteiger partial charge in [-0.1, -0.05) is 6.92 Å². The molecular formula is C13H26N2O. The van der Waals surface area contributed by atoms with E-state index in [0.29, 0.717) is 5.54 Å². The molecule has 0 aromatic rings. The highest BCUT2D eigenvalue weighted by molar-refractivity contribution is 4.96. The molecule has 2 aliphatic rings. The number of hydrogen-bond acceptors (Lipinski definition) is 3. The Kier molecular flexibility index (Phi) is 3.57. The van der Waals surface area contributed by atoms with Crippen LogP contribution in [-0.2, 0) is 4.74 Å². The van der Waals surface area contributed by atoms with Crippen molar-refractivity contribution in [2.45, 2.75) is 50.7 Å². The predicted octanol–water partition coefficient (Wildman–Crippen LogP) is 1.63. The quantitative estimate of drug-likeness (QED) is 0.788. The molecule has 3 nitrogen and oxygen atoms in total. The van der Waals surface area contributed by atoms with Crippen molar-refractivity contribution < 1.29 is 4.74 Å². The third-order valence-electron chi connectivity index (χ3n) is 4.54. The standard InChI is InChI=1S/C13H26N2O/c1-4-12(2)10-15(9-8-14-12)11-13(16-3)6-5-7-13/h14H,4-11H2,1-3H3. The van der Waals surface area contributed by atoms with Crippen LogP contribution in [-0.4, -0.2) is 49.3 Å². The molecule has 1 N–H and O–H groups in total. The van der Waals surface area contributed by atoms with Crippen molar-refractivity contribution in [2.24, 2.45) is 0 Å². The van der Waals surface area contributed by atoms with Gasteiger partial charge in [-0.3, -0.25) is 4.90 Å². The van der Waals surface area contributed by atoms with Gasteiger partial charge in [0.2, 0.25) is 0 Å². The lowest BCUT2D eigenvalue weighted by Crippen LogP contribution is -2.61. The zero-order chi connectivity index (χ0) is 11.6. The zero-order valence-corrected chi connectivity index (χ0v) is 11.0. The number of ether oxygens (including phenoxy) is 1. The van der Waals surface area contributed by atoms with E-state index >= 15 is 0 Å². The van der Waals surface area contributed by atoms with Gasteiger partial charge < -0.3 is 10.1 Å². The molecule has 1 saturated heterocycles. The molecule has 0 bridgehead atoms. The average molecular weight is 226 g/mol. The maximum absolute atomic E-state index is 5.72. The van der Waals surface area contributed by atoms with E-state index in [-0.39, 0.29) is 5.60 Å². The Morgan fingerprint density at radius 3 is 2.62 bits per heavy atom. The van der Waals surface area contributed by atoms with Crippen LogP contribution in [0.25, 0.3) is 0 Å². The van der Waals surface area contributed by atoms with Gasteiger partial charge in [0.05, 0.1) is 5.60 Å². The SMILES string of the molecule is CCC1(C)CN(CC2(OC)CCC2)CCN1. The smallest absolute Gasteiger partial charge is 0.0805 e. The number of nitrogens with zero attached hydrogens (tertiary/aromatic N) is 1. The minimum absolute atomic E-state index is 0.186. The van der Waals surface area contributed by atoms with Crippen LogP contribution in [0.2, 0.25) is 0 Å². The lowest BCUT2D eigenvalue weighted by atomic mass is 9.79. The monoisotopic (exact) mass is 226 g/mol. The first kappa shape index (κ1) is 12.3. The van der Waals surface area contributed by atoms with E-state index in [1.54, 1.807) is 0 Å². The average Bonchev–Trinajstić information content (AvgIpc) is 2.24. The molecule has 1 saturated carbocycles. The molecule has 16 heavy (non-hydrogen) atoms. The summed E-state index contributed by atoms with van der Waals surface area (Å²) in [5, 5.41) is 3.63. The number of nitrogens with one attached hydrogen (secondary N) is 1. The molecule has 1 unspecified atom stereocenters. The second kappa shape index (κ2) is 4.63. The highest BCUT2D eigenvalue weighted by Crippen LogP contribution is 2.36. The van der Waals surface area contributed by atoms with Crippen molar-refractivity contribution >= 4 is 0 Å². The maximum Gasteiger partial charge on any atom is 0.0805 e. The van der Waals surface area contributed by atoms with Gasteiger partial charge in [0.15, 0.2) is 0 Å². The third kappa shape index (κ3) is 2.41. The summed E-state index contributed by atoms with van der Waals surface area (Å²) < 4.78 is 5.72. The Bertz CT molecular complexity index is 235. The van der Waals surface area contributed by atoms with Gasteiger partial charge in [0.25, 0.3) is 0 Å². The highest BCUT2D eigenvalue weighted by atomic mass is 16.5. The molecule has 0 aromatic heterocycles. The second-order valence-electron chi connectivity index (χ2n) is 5.79. The fraction of sp³-hybridized carbons (Fsp3) is 1.00. The number of hydrogen-bond donors (Lipinski definition) is 1. The Morgan fingerprint density at radius 1 is 1.38 bits per heavy atom. The first-order chi connectivity index (χ1) is 7.61. The molecule has 0 radical (unpaired) electrons. The molecular weight excluding hydrogens is 200 g/mol. The minimum atomic E-state index is 0.186. The highest BCUT2D eigenvalue weighted by Gasteiger charge is 2.40. The van der Waals surface area contributed by atoms with E-state index in [4.69, 9.17) is 4.74 Å². The molecule has 2 fully saturated rings. The summed E-state index contributed by atoms with van der Waals surface area (Å²) in [5.74, 6) is 0. The topological polar surface area (TPSA) is 24.5 Å². The van der Waals surface area contributed by atoms with Crippen molar-refractivity contribution in [1.29, 1.82) is 0 Å². The van der Waals surface area contributed by atoms with Crippen molar-refractivity contribution in [2.75, 3.05) is 33.3 Å². The van der Waals surface area contributed by atoms with Crippen LogP contribution in [0.3, 0.4) is 0 Å². The van der Waals surface area contributed by atoms with Gasteiger partial charge in [-0.2, -0.15) is 0 Å². The van der Waals surface area contributed by atoms with Crippen molar-refractivity contribution in [3.8, 4) is 0 Å². The van der Waals surface area contributed by atoms with Crippen LogP contribution in [0.15, 0.2) is 0 Å². The van der Waals surface area contributed by atoms with Crippen LogP contribution in [0, 0.1) is 0 Å². The summed E-state index contributed by atoms with van der Waals surface area (Å²) in [6.45, 7) is 9.17. The van der Waals surface area contributed by atoms with E-state index in [9.17, 15) is 0 Å². The summed E-state index contributed by atoms with van der Waals surface area (Å²) in [5.41, 5.74) is 0.489. The fourth-order valence-electron chi connectivity index (χ4n) is 2.92. The summed E-state index contributed by atoms with van der Waals surface area (Å²) in [4.78, 5) is 2.59. The van der Waals surface area contributed by atoms with E-state index in [1.807, 2.05) is 7.11 Å². The number of piperazine rings is 1. The summed E-state index contributed by atoms with van der Waals surface area (Å²) >= 11 is 0. The van der Waals surface area contributed by atoms with Crippen molar-refractivity contribution in [1.82, 2.24) is 10.2 Å². The van der Waals surface area contributed by atoms with Crippen LogP contribution >= 0.6 is 0 Å². The molecule has 2 rings (SSSR count). The Morgan fingerprint density at radius 2 is 2.12 bits per heavy atom. The van der Waals surface area contributed by atoms with Gasteiger partial charge in [-0.15, -0.1) is 0 Å². The Labute approximate surface area is 99.5 Å². The van der Waals surface area contributed by atoms with Gasteiger partial charge in [0.1, 0.15) is 0 Å². The summed E-state index contributed by atoms with van der Waals surface area (Å²) in [7, 11) is 1.88. The van der Waals surface area contributed by atoms with Crippen LogP contribution in [0.4, 0.5) is 0 Å².